The van der Waals surface area contributed by atoms with Crippen LogP contribution in [0.1, 0.15) is 30.5 Å². The normalized spacial score (nSPS) is 12.3. The molecular weight excluding hydrogens is 319 g/mol. The average molecular weight is 337 g/mol. The molecule has 2 rings (SSSR count). The van der Waals surface area contributed by atoms with Gasteiger partial charge in [-0.15, -0.1) is 0 Å². The highest BCUT2D eigenvalue weighted by Crippen LogP contribution is 2.22. The molecule has 0 amide bonds. The second-order valence-electron chi connectivity index (χ2n) is 4.74. The summed E-state index contributed by atoms with van der Waals surface area (Å²) in [6.07, 6.45) is 5.24. The molecule has 1 atom stereocenters. The van der Waals surface area contributed by atoms with Gasteiger partial charge < -0.3 is 5.32 Å². The number of benzene rings is 1. The molecule has 0 aliphatic carbocycles. The van der Waals surface area contributed by atoms with Crippen LogP contribution < -0.4 is 5.32 Å². The fourth-order valence-electron chi connectivity index (χ4n) is 2.13. The summed E-state index contributed by atoms with van der Waals surface area (Å²) < 4.78 is 14.8. The van der Waals surface area contributed by atoms with E-state index in [-0.39, 0.29) is 11.9 Å². The maximum Gasteiger partial charge on any atom is 0.126 e. The predicted molar refractivity (Wildman–Crippen MR) is 83.1 cm³/mol. The lowest BCUT2D eigenvalue weighted by Crippen LogP contribution is -2.24. The standard InChI is InChI=1S/C16H18BrFN2/c1-2-7-20-16(13-8-14(17)11-19-10-13)9-12-5-3-4-6-15(12)18/h3-6,8,10-11,16,20H,2,7,9H2,1H3. The van der Waals surface area contributed by atoms with Crippen molar-refractivity contribution in [1.29, 1.82) is 0 Å². The van der Waals surface area contributed by atoms with Crippen LogP contribution in [0, 0.1) is 5.82 Å². The molecule has 20 heavy (non-hydrogen) atoms. The third-order valence-corrected chi connectivity index (χ3v) is 3.58. The Hall–Kier alpha value is -1.26. The van der Waals surface area contributed by atoms with Gasteiger partial charge in [0.2, 0.25) is 0 Å². The number of nitrogens with zero attached hydrogens (tertiary/aromatic N) is 1. The number of aromatic nitrogens is 1. The molecule has 0 radical (unpaired) electrons. The number of halogens is 2. The van der Waals surface area contributed by atoms with Crippen LogP contribution in [0.4, 0.5) is 4.39 Å². The minimum atomic E-state index is -0.154. The molecule has 2 nitrogen and oxygen atoms in total. The molecule has 1 N–H and O–H groups in total. The van der Waals surface area contributed by atoms with E-state index in [9.17, 15) is 4.39 Å². The summed E-state index contributed by atoms with van der Waals surface area (Å²) in [6.45, 7) is 3.01. The highest BCUT2D eigenvalue weighted by molar-refractivity contribution is 9.10. The second-order valence-corrected chi connectivity index (χ2v) is 5.65. The van der Waals surface area contributed by atoms with Gasteiger partial charge in [-0.05, 0) is 58.6 Å². The Kier molecular flexibility index (Phi) is 5.68. The molecule has 0 spiro atoms. The quantitative estimate of drug-likeness (QED) is 0.852. The van der Waals surface area contributed by atoms with E-state index in [1.54, 1.807) is 12.3 Å². The van der Waals surface area contributed by atoms with Gasteiger partial charge in [-0.2, -0.15) is 0 Å². The van der Waals surface area contributed by atoms with Crippen LogP contribution >= 0.6 is 15.9 Å². The number of pyridine rings is 1. The molecule has 106 valence electrons. The van der Waals surface area contributed by atoms with Crippen molar-refractivity contribution < 1.29 is 4.39 Å². The fourth-order valence-corrected chi connectivity index (χ4v) is 2.51. The van der Waals surface area contributed by atoms with Gasteiger partial charge in [0.25, 0.3) is 0 Å². The molecule has 1 aromatic heterocycles. The maximum atomic E-state index is 13.8. The maximum absolute atomic E-state index is 13.8. The summed E-state index contributed by atoms with van der Waals surface area (Å²) in [6, 6.07) is 9.02. The first-order valence-corrected chi connectivity index (χ1v) is 7.57. The van der Waals surface area contributed by atoms with Gasteiger partial charge in [-0.1, -0.05) is 25.1 Å². The van der Waals surface area contributed by atoms with Gasteiger partial charge in [0, 0.05) is 22.9 Å². The van der Waals surface area contributed by atoms with Crippen LogP contribution in [-0.4, -0.2) is 11.5 Å². The van der Waals surface area contributed by atoms with Crippen molar-refractivity contribution in [3.8, 4) is 0 Å². The molecule has 0 aliphatic rings. The van der Waals surface area contributed by atoms with E-state index in [1.165, 1.54) is 6.07 Å². The van der Waals surface area contributed by atoms with Crippen molar-refractivity contribution in [1.82, 2.24) is 10.3 Å². The Bertz CT molecular complexity index is 560. The Morgan fingerprint density at radius 3 is 2.80 bits per heavy atom. The van der Waals surface area contributed by atoms with E-state index in [4.69, 9.17) is 0 Å². The molecule has 0 aliphatic heterocycles. The van der Waals surface area contributed by atoms with Gasteiger partial charge in [0.05, 0.1) is 0 Å². The summed E-state index contributed by atoms with van der Waals surface area (Å²) >= 11 is 3.43. The van der Waals surface area contributed by atoms with E-state index in [0.717, 1.165) is 28.6 Å². The van der Waals surface area contributed by atoms with Gasteiger partial charge >= 0.3 is 0 Å². The molecule has 1 unspecified atom stereocenters. The molecule has 1 heterocycles. The third-order valence-electron chi connectivity index (χ3n) is 3.15. The molecule has 0 bridgehead atoms. The van der Waals surface area contributed by atoms with Crippen molar-refractivity contribution in [2.45, 2.75) is 25.8 Å². The molecule has 0 fully saturated rings. The monoisotopic (exact) mass is 336 g/mol. The zero-order chi connectivity index (χ0) is 14.4. The number of nitrogens with one attached hydrogen (secondary N) is 1. The lowest BCUT2D eigenvalue weighted by molar-refractivity contribution is 0.511. The number of hydrogen-bond acceptors (Lipinski definition) is 2. The lowest BCUT2D eigenvalue weighted by Gasteiger charge is -2.19. The Labute approximate surface area is 127 Å². The van der Waals surface area contributed by atoms with Gasteiger partial charge in [-0.25, -0.2) is 4.39 Å². The molecule has 2 aromatic rings. The minimum absolute atomic E-state index is 0.0665. The average Bonchev–Trinajstić information content (AvgIpc) is 2.45. The predicted octanol–water partition coefficient (Wildman–Crippen LogP) is 4.27. The van der Waals surface area contributed by atoms with Crippen LogP contribution in [0.5, 0.6) is 0 Å². The second kappa shape index (κ2) is 7.50. The molecule has 4 heteroatoms. The zero-order valence-corrected chi connectivity index (χ0v) is 13.0. The van der Waals surface area contributed by atoms with Gasteiger partial charge in [0.1, 0.15) is 5.82 Å². The van der Waals surface area contributed by atoms with Crippen LogP contribution in [0.2, 0.25) is 0 Å². The van der Waals surface area contributed by atoms with Crippen molar-refractivity contribution in [3.05, 3.63) is 64.1 Å². The molecular formula is C16H18BrFN2. The highest BCUT2D eigenvalue weighted by atomic mass is 79.9. The summed E-state index contributed by atoms with van der Waals surface area (Å²) in [5.41, 5.74) is 1.79. The SMILES string of the molecule is CCCNC(Cc1ccccc1F)c1cncc(Br)c1. The lowest BCUT2D eigenvalue weighted by atomic mass is 9.99. The van der Waals surface area contributed by atoms with E-state index >= 15 is 0 Å². The number of rotatable bonds is 6. The van der Waals surface area contributed by atoms with Crippen molar-refractivity contribution in [3.63, 3.8) is 0 Å². The molecule has 0 saturated heterocycles. The van der Waals surface area contributed by atoms with Crippen LogP contribution in [0.3, 0.4) is 0 Å². The molecule has 1 aromatic carbocycles. The molecule has 0 saturated carbocycles. The first-order valence-electron chi connectivity index (χ1n) is 6.78. The first-order chi connectivity index (χ1) is 9.70. The first kappa shape index (κ1) is 15.1. The Morgan fingerprint density at radius 1 is 1.30 bits per heavy atom. The van der Waals surface area contributed by atoms with Crippen molar-refractivity contribution >= 4 is 15.9 Å². The minimum Gasteiger partial charge on any atom is -0.310 e. The topological polar surface area (TPSA) is 24.9 Å². The van der Waals surface area contributed by atoms with Crippen molar-refractivity contribution in [2.24, 2.45) is 0 Å². The van der Waals surface area contributed by atoms with Crippen LogP contribution in [0.25, 0.3) is 0 Å². The zero-order valence-electron chi connectivity index (χ0n) is 11.4. The number of hydrogen-bond donors (Lipinski definition) is 1. The Morgan fingerprint density at radius 2 is 2.10 bits per heavy atom. The summed E-state index contributed by atoms with van der Waals surface area (Å²) in [7, 11) is 0. The highest BCUT2D eigenvalue weighted by Gasteiger charge is 2.14. The summed E-state index contributed by atoms with van der Waals surface area (Å²) in [4.78, 5) is 4.20. The Balaban J connectivity index is 2.21. The van der Waals surface area contributed by atoms with E-state index < -0.39 is 0 Å². The van der Waals surface area contributed by atoms with Gasteiger partial charge in [-0.3, -0.25) is 4.98 Å². The summed E-state index contributed by atoms with van der Waals surface area (Å²) in [5, 5.41) is 3.46. The van der Waals surface area contributed by atoms with Crippen molar-refractivity contribution in [2.75, 3.05) is 6.54 Å². The van der Waals surface area contributed by atoms with Crippen LogP contribution in [-0.2, 0) is 6.42 Å². The summed E-state index contributed by atoms with van der Waals surface area (Å²) in [5.74, 6) is -0.154. The van der Waals surface area contributed by atoms with Crippen LogP contribution in [0.15, 0.2) is 47.2 Å². The van der Waals surface area contributed by atoms with E-state index in [2.05, 4.69) is 33.2 Å². The largest absolute Gasteiger partial charge is 0.310 e. The van der Waals surface area contributed by atoms with E-state index in [1.807, 2.05) is 24.4 Å². The van der Waals surface area contributed by atoms with E-state index in [0.29, 0.717) is 6.42 Å². The third kappa shape index (κ3) is 4.12. The smallest absolute Gasteiger partial charge is 0.126 e. The van der Waals surface area contributed by atoms with Gasteiger partial charge in [0.15, 0.2) is 0 Å². The fraction of sp³-hybridized carbons (Fsp3) is 0.312.